The second kappa shape index (κ2) is 14.0. The summed E-state index contributed by atoms with van der Waals surface area (Å²) in [4.78, 5) is 15.5. The van der Waals surface area contributed by atoms with Crippen molar-refractivity contribution in [2.45, 2.75) is 64.2 Å². The van der Waals surface area contributed by atoms with E-state index in [0.717, 1.165) is 39.6 Å². The smallest absolute Gasteiger partial charge is 0.144 e. The second-order valence-electron chi connectivity index (χ2n) is 14.4. The minimum absolute atomic E-state index is 0.311. The normalized spacial score (nSPS) is 14.0. The van der Waals surface area contributed by atoms with Crippen molar-refractivity contribution in [1.82, 2.24) is 19.5 Å². The summed E-state index contributed by atoms with van der Waals surface area (Å²) in [6, 6.07) is 49.3. The zero-order valence-corrected chi connectivity index (χ0v) is 30.5. The Kier molecular flexibility index (Phi) is 9.27. The van der Waals surface area contributed by atoms with E-state index in [9.17, 15) is 0 Å². The Bertz CT molecular complexity index is 2110. The third-order valence-corrected chi connectivity index (χ3v) is 10.6. The number of rotatable bonds is 10. The van der Waals surface area contributed by atoms with Gasteiger partial charge in [-0.1, -0.05) is 137 Å². The molecule has 0 fully saturated rings. The van der Waals surface area contributed by atoms with Gasteiger partial charge in [-0.25, -0.2) is 4.98 Å². The molecule has 0 amide bonds. The number of benzene rings is 4. The van der Waals surface area contributed by atoms with Crippen LogP contribution in [0.2, 0.25) is 0 Å². The third-order valence-electron chi connectivity index (χ3n) is 10.6. The van der Waals surface area contributed by atoms with Crippen LogP contribution in [0.1, 0.15) is 98.3 Å². The van der Waals surface area contributed by atoms with Crippen LogP contribution >= 0.6 is 0 Å². The molecule has 3 aromatic heterocycles. The van der Waals surface area contributed by atoms with Crippen molar-refractivity contribution in [3.05, 3.63) is 203 Å². The second-order valence-corrected chi connectivity index (χ2v) is 14.4. The Morgan fingerprint density at radius 3 is 1.51 bits per heavy atom. The number of para-hydroxylation sites is 1. The predicted molar refractivity (Wildman–Crippen MR) is 210 cm³/mol. The molecule has 0 aliphatic heterocycles. The van der Waals surface area contributed by atoms with Gasteiger partial charge in [-0.15, -0.1) is 0 Å². The van der Waals surface area contributed by atoms with Gasteiger partial charge >= 0.3 is 0 Å². The highest BCUT2D eigenvalue weighted by Gasteiger charge is 2.37. The summed E-state index contributed by atoms with van der Waals surface area (Å²) in [5.74, 6) is 1.52. The number of hydrogen-bond donors (Lipinski definition) is 0. The van der Waals surface area contributed by atoms with Gasteiger partial charge in [0.15, 0.2) is 0 Å². The van der Waals surface area contributed by atoms with Crippen LogP contribution in [0.5, 0.6) is 0 Å². The van der Waals surface area contributed by atoms with E-state index < -0.39 is 10.8 Å². The molecule has 0 N–H and O–H groups in total. The molecule has 254 valence electrons. The van der Waals surface area contributed by atoms with E-state index in [2.05, 4.69) is 180 Å². The molecule has 1 unspecified atom stereocenters. The van der Waals surface area contributed by atoms with Crippen molar-refractivity contribution in [1.29, 1.82) is 0 Å². The molecule has 0 aliphatic rings. The summed E-state index contributed by atoms with van der Waals surface area (Å²) in [5, 5.41) is 0. The number of hydrogen-bond acceptors (Lipinski definition) is 3. The molecule has 0 saturated carbocycles. The molecular weight excluding hydrogens is 621 g/mol. The van der Waals surface area contributed by atoms with Gasteiger partial charge in [0, 0.05) is 24.2 Å². The zero-order chi connectivity index (χ0) is 35.6. The SMILES string of the molecule is CC(C)c1cccc(C(C)C)c1-n1cc([C@](C)(c2ccccc2)c2ccccn2)nc1-c1cccc(C(C)(c2ccccc2)c2ccccn2)c1. The Balaban J connectivity index is 1.54. The number of nitrogens with zero attached hydrogens (tertiary/aromatic N) is 4. The van der Waals surface area contributed by atoms with Crippen molar-refractivity contribution in [2.75, 3.05) is 0 Å². The molecule has 4 nitrogen and oxygen atoms in total. The first-order valence-electron chi connectivity index (χ1n) is 18.0. The van der Waals surface area contributed by atoms with Gasteiger partial charge in [0.2, 0.25) is 0 Å². The average Bonchev–Trinajstić information content (AvgIpc) is 3.64. The lowest BCUT2D eigenvalue weighted by molar-refractivity contribution is 0.645. The van der Waals surface area contributed by atoms with Crippen LogP contribution in [0.4, 0.5) is 0 Å². The molecular formula is C47H46N4. The topological polar surface area (TPSA) is 43.6 Å². The van der Waals surface area contributed by atoms with Crippen molar-refractivity contribution >= 4 is 0 Å². The van der Waals surface area contributed by atoms with E-state index in [0.29, 0.717) is 11.8 Å². The van der Waals surface area contributed by atoms with E-state index >= 15 is 0 Å². The van der Waals surface area contributed by atoms with Gasteiger partial charge in [0.1, 0.15) is 5.82 Å². The quantitative estimate of drug-likeness (QED) is 0.146. The highest BCUT2D eigenvalue weighted by molar-refractivity contribution is 5.66. The van der Waals surface area contributed by atoms with Crippen molar-refractivity contribution in [3.63, 3.8) is 0 Å². The summed E-state index contributed by atoms with van der Waals surface area (Å²) in [7, 11) is 0. The maximum absolute atomic E-state index is 5.66. The fourth-order valence-electron chi connectivity index (χ4n) is 7.50. The van der Waals surface area contributed by atoms with Crippen LogP contribution in [-0.4, -0.2) is 19.5 Å². The van der Waals surface area contributed by atoms with E-state index in [1.165, 1.54) is 22.4 Å². The molecule has 7 aromatic rings. The minimum Gasteiger partial charge on any atom is -0.299 e. The molecule has 4 heteroatoms. The van der Waals surface area contributed by atoms with Crippen LogP contribution in [0.3, 0.4) is 0 Å². The third kappa shape index (κ3) is 6.10. The van der Waals surface area contributed by atoms with Gasteiger partial charge < -0.3 is 0 Å². The van der Waals surface area contributed by atoms with E-state index in [1.54, 1.807) is 0 Å². The van der Waals surface area contributed by atoms with Crippen LogP contribution < -0.4 is 0 Å². The molecule has 0 spiro atoms. The largest absolute Gasteiger partial charge is 0.299 e. The van der Waals surface area contributed by atoms with E-state index in [-0.39, 0.29) is 0 Å². The molecule has 51 heavy (non-hydrogen) atoms. The molecule has 0 saturated heterocycles. The van der Waals surface area contributed by atoms with Crippen LogP contribution in [-0.2, 0) is 10.8 Å². The lowest BCUT2D eigenvalue weighted by Crippen LogP contribution is -2.27. The van der Waals surface area contributed by atoms with Crippen LogP contribution in [0.25, 0.3) is 17.1 Å². The summed E-state index contributed by atoms with van der Waals surface area (Å²) in [6.07, 6.45) is 6.04. The molecule has 0 aliphatic carbocycles. The zero-order valence-electron chi connectivity index (χ0n) is 30.5. The fraction of sp³-hybridized carbons (Fsp3) is 0.213. The predicted octanol–water partition coefficient (Wildman–Crippen LogP) is 11.3. The van der Waals surface area contributed by atoms with Crippen molar-refractivity contribution in [3.8, 4) is 17.1 Å². The summed E-state index contributed by atoms with van der Waals surface area (Å²) >= 11 is 0. The Labute approximate surface area is 303 Å². The van der Waals surface area contributed by atoms with Crippen molar-refractivity contribution in [2.24, 2.45) is 0 Å². The Morgan fingerprint density at radius 2 is 0.980 bits per heavy atom. The summed E-state index contributed by atoms with van der Waals surface area (Å²) in [6.45, 7) is 13.6. The van der Waals surface area contributed by atoms with Gasteiger partial charge in [-0.2, -0.15) is 0 Å². The molecule has 2 atom stereocenters. The highest BCUT2D eigenvalue weighted by Crippen LogP contribution is 2.43. The number of aromatic nitrogens is 4. The van der Waals surface area contributed by atoms with Crippen LogP contribution in [0, 0.1) is 0 Å². The van der Waals surface area contributed by atoms with E-state index in [1.807, 2.05) is 24.5 Å². The standard InChI is InChI=1S/C47H46N4/c1-33(2)39-25-18-26-40(34(3)4)44(39)51-32-43(47(6,37-22-11-8-12-23-37)42-28-14-16-30-49-42)50-45(51)35-19-17-24-38(31-35)46(5,36-20-9-7-10-21-36)41-27-13-15-29-48-41/h7-34H,1-6H3/t46?,47-/m1/s1. The molecule has 4 aromatic carbocycles. The lowest BCUT2D eigenvalue weighted by Gasteiger charge is -2.31. The molecule has 0 bridgehead atoms. The highest BCUT2D eigenvalue weighted by atomic mass is 15.1. The van der Waals surface area contributed by atoms with Gasteiger partial charge in [-0.3, -0.25) is 14.5 Å². The average molecular weight is 667 g/mol. The first kappa shape index (κ1) is 33.9. The maximum atomic E-state index is 5.66. The van der Waals surface area contributed by atoms with Gasteiger partial charge in [-0.05, 0) is 83.8 Å². The van der Waals surface area contributed by atoms with Crippen molar-refractivity contribution < 1.29 is 0 Å². The van der Waals surface area contributed by atoms with Crippen LogP contribution in [0.15, 0.2) is 158 Å². The Hall–Kier alpha value is -5.61. The van der Waals surface area contributed by atoms with Gasteiger partial charge in [0.05, 0.1) is 33.6 Å². The fourth-order valence-corrected chi connectivity index (χ4v) is 7.50. The molecule has 0 radical (unpaired) electrons. The maximum Gasteiger partial charge on any atom is 0.144 e. The van der Waals surface area contributed by atoms with E-state index in [4.69, 9.17) is 15.0 Å². The van der Waals surface area contributed by atoms with Gasteiger partial charge in [0.25, 0.3) is 0 Å². The lowest BCUT2D eigenvalue weighted by atomic mass is 9.73. The Morgan fingerprint density at radius 1 is 0.490 bits per heavy atom. The monoisotopic (exact) mass is 666 g/mol. The first-order valence-corrected chi connectivity index (χ1v) is 18.0. The molecule has 3 heterocycles. The number of pyridine rings is 2. The molecule has 7 rings (SSSR count). The number of imidazole rings is 1. The first-order chi connectivity index (χ1) is 24.7. The summed E-state index contributed by atoms with van der Waals surface area (Å²) in [5.41, 5.74) is 10.1. The minimum atomic E-state index is -0.614. The summed E-state index contributed by atoms with van der Waals surface area (Å²) < 4.78 is 2.36.